The lowest BCUT2D eigenvalue weighted by atomic mass is 9.72. The number of nitro groups is 1. The van der Waals surface area contributed by atoms with Gasteiger partial charge in [0.05, 0.1) is 45.9 Å². The van der Waals surface area contributed by atoms with Crippen molar-refractivity contribution in [3.8, 4) is 11.5 Å². The van der Waals surface area contributed by atoms with Gasteiger partial charge in [0.15, 0.2) is 0 Å². The Morgan fingerprint density at radius 3 is 2.45 bits per heavy atom. The predicted molar refractivity (Wildman–Crippen MR) is 327 cm³/mol. The lowest BCUT2D eigenvalue weighted by Gasteiger charge is -2.39. The van der Waals surface area contributed by atoms with Gasteiger partial charge in [-0.1, -0.05) is 49.2 Å². The van der Waals surface area contributed by atoms with Crippen molar-refractivity contribution < 1.29 is 46.8 Å². The van der Waals surface area contributed by atoms with Gasteiger partial charge in [0.1, 0.15) is 28.9 Å². The summed E-state index contributed by atoms with van der Waals surface area (Å²) < 4.78 is 42.4. The van der Waals surface area contributed by atoms with Crippen LogP contribution in [0.2, 0.25) is 5.02 Å². The van der Waals surface area contributed by atoms with Gasteiger partial charge in [-0.25, -0.2) is 18.1 Å². The van der Waals surface area contributed by atoms with Crippen LogP contribution in [0, 0.1) is 21.4 Å². The molecule has 0 bridgehead atoms. The molecule has 5 aliphatic rings. The Hall–Kier alpha value is -7.67. The summed E-state index contributed by atoms with van der Waals surface area (Å²) in [6, 6.07) is 24.3. The van der Waals surface area contributed by atoms with Crippen molar-refractivity contribution in [2.24, 2.45) is 11.3 Å². The van der Waals surface area contributed by atoms with Crippen LogP contribution in [-0.2, 0) is 24.3 Å². The quantitative estimate of drug-likeness (QED) is 0.0172. The molecule has 24 heteroatoms. The first kappa shape index (κ1) is 60.0. The van der Waals surface area contributed by atoms with E-state index in [1.807, 2.05) is 18.2 Å². The lowest BCUT2D eigenvalue weighted by molar-refractivity contribution is -0.384. The largest absolute Gasteiger partial charge is 0.455 e. The highest BCUT2D eigenvalue weighted by molar-refractivity contribution is 7.99. The van der Waals surface area contributed by atoms with Crippen molar-refractivity contribution in [2.45, 2.75) is 74.6 Å². The normalized spacial score (nSPS) is 18.8. The molecule has 6 heterocycles. The molecule has 1 unspecified atom stereocenters. The molecule has 0 radical (unpaired) electrons. The number of allylic oxidation sites excluding steroid dienone is 1. The number of piperazine rings is 1. The Labute approximate surface area is 507 Å². The van der Waals surface area contributed by atoms with Crippen LogP contribution in [0.1, 0.15) is 95.4 Å². The van der Waals surface area contributed by atoms with Crippen LogP contribution >= 0.6 is 23.4 Å². The SMILES string of the molecule is CC1(C)CCC(CN2CCN(c3ccc(C(=O)NS(=O)(=O)c4ccc(NCC5CCN(CCOCCSc6cccc7c6C(=O)N(C6CCC(=O)NC6=O)C7=O)CC5)c([N+](=O)[O-])c4)c(Oc4cnc5[nH]ccc5c4)c3)CC2)=C(c2ccc(Cl)cc2)C1. The number of benzene rings is 4. The van der Waals surface area contributed by atoms with Crippen LogP contribution < -0.4 is 25.0 Å². The number of carbonyl (C=O) groups excluding carboxylic acids is 5. The van der Waals surface area contributed by atoms with Gasteiger partial charge < -0.3 is 29.6 Å². The number of nitrogens with one attached hydrogen (secondary N) is 4. The molecule has 3 fully saturated rings. The monoisotopic (exact) mass is 1230 g/mol. The highest BCUT2D eigenvalue weighted by atomic mass is 35.5. The van der Waals surface area contributed by atoms with E-state index in [1.54, 1.807) is 42.6 Å². The molecule has 4 N–H and O–H groups in total. The number of likely N-dealkylation sites (tertiary alicyclic amines) is 1. The predicted octanol–water partition coefficient (Wildman–Crippen LogP) is 9.16. The average molecular weight is 1230 g/mol. The van der Waals surface area contributed by atoms with E-state index in [1.165, 1.54) is 52.9 Å². The number of nitrogens with zero attached hydrogens (tertiary/aromatic N) is 6. The summed E-state index contributed by atoms with van der Waals surface area (Å²) in [6.45, 7) is 12.0. The summed E-state index contributed by atoms with van der Waals surface area (Å²) in [5, 5.41) is 19.3. The van der Waals surface area contributed by atoms with Crippen molar-refractivity contribution in [2.75, 3.05) is 88.1 Å². The maximum absolute atomic E-state index is 14.2. The maximum atomic E-state index is 14.2. The number of anilines is 2. The number of imide groups is 2. The third-order valence-electron chi connectivity index (χ3n) is 16.8. The molecular formula is C62H67ClN10O11S2. The molecule has 2 aromatic heterocycles. The molecule has 3 saturated heterocycles. The first-order valence-corrected chi connectivity index (χ1v) is 31.8. The van der Waals surface area contributed by atoms with E-state index in [2.05, 4.69) is 66.0 Å². The number of hydrogen-bond donors (Lipinski definition) is 4. The fourth-order valence-electron chi connectivity index (χ4n) is 12.0. The van der Waals surface area contributed by atoms with Gasteiger partial charge in [-0.3, -0.25) is 49.2 Å². The molecule has 1 aliphatic carbocycles. The second-order valence-electron chi connectivity index (χ2n) is 23.2. The number of piperidine rings is 2. The first-order chi connectivity index (χ1) is 41.4. The molecule has 1 atom stereocenters. The van der Waals surface area contributed by atoms with E-state index in [0.29, 0.717) is 66.5 Å². The van der Waals surface area contributed by atoms with Crippen molar-refractivity contribution in [1.29, 1.82) is 0 Å². The van der Waals surface area contributed by atoms with Crippen LogP contribution in [0.4, 0.5) is 17.1 Å². The van der Waals surface area contributed by atoms with E-state index in [0.717, 1.165) is 86.9 Å². The second kappa shape index (κ2) is 25.7. The maximum Gasteiger partial charge on any atom is 0.293 e. The molecule has 6 aromatic rings. The number of hydrogen-bond acceptors (Lipinski definition) is 17. The molecule has 0 saturated carbocycles. The summed E-state index contributed by atoms with van der Waals surface area (Å²) in [6.07, 6.45) is 8.14. The van der Waals surface area contributed by atoms with E-state index in [-0.39, 0.29) is 52.3 Å². The lowest BCUT2D eigenvalue weighted by Crippen LogP contribution is -2.54. The van der Waals surface area contributed by atoms with Crippen LogP contribution in [0.25, 0.3) is 16.6 Å². The molecule has 11 rings (SSSR count). The van der Waals surface area contributed by atoms with Crippen molar-refractivity contribution >= 4 is 96.6 Å². The van der Waals surface area contributed by atoms with E-state index < -0.39 is 61.1 Å². The molecule has 86 heavy (non-hydrogen) atoms. The van der Waals surface area contributed by atoms with Gasteiger partial charge in [0.2, 0.25) is 11.8 Å². The molecule has 450 valence electrons. The van der Waals surface area contributed by atoms with Crippen LogP contribution in [0.5, 0.6) is 11.5 Å². The zero-order valence-corrected chi connectivity index (χ0v) is 50.2. The topological polar surface area (TPSA) is 259 Å². The van der Waals surface area contributed by atoms with E-state index >= 15 is 0 Å². The Morgan fingerprint density at radius 1 is 0.895 bits per heavy atom. The van der Waals surface area contributed by atoms with E-state index in [4.69, 9.17) is 21.1 Å². The van der Waals surface area contributed by atoms with Crippen LogP contribution in [0.3, 0.4) is 0 Å². The molecule has 4 aliphatic heterocycles. The van der Waals surface area contributed by atoms with Gasteiger partial charge in [0.25, 0.3) is 33.4 Å². The van der Waals surface area contributed by atoms with Crippen LogP contribution in [0.15, 0.2) is 119 Å². The van der Waals surface area contributed by atoms with Gasteiger partial charge in [-0.2, -0.15) is 0 Å². The zero-order valence-electron chi connectivity index (χ0n) is 47.8. The summed E-state index contributed by atoms with van der Waals surface area (Å²) >= 11 is 7.65. The van der Waals surface area contributed by atoms with Crippen LogP contribution in [-0.4, -0.2) is 151 Å². The standard InChI is InChI=1S/C62H67ClN10O11S2/c1-62(2)20-16-42(49(35-62)40-6-8-43(63)9-7-40)38-70-24-26-71(27-25-70)44-10-12-47(53(33-44)84-45-32-41-17-21-64-57(41)66-37-45)58(75)68-86(81,82)46-11-13-50(52(34-46)73(79)80)65-36-39-18-22-69(23-19-39)28-29-83-30-31-85-54-5-3-4-48-56(54)61(78)72(60(48)77)51-14-15-55(74)67-59(51)76/h3-13,17,21,32-34,37,39,51,65H,14-16,18-20,22-31,35-36,38H2,1-2H3,(H,64,66)(H,68,75)(H,67,74,76). The zero-order chi connectivity index (χ0) is 60.3. The number of H-pyrrole nitrogens is 1. The number of aromatic nitrogens is 2. The number of fused-ring (bicyclic) bond motifs is 2. The summed E-state index contributed by atoms with van der Waals surface area (Å²) in [5.74, 6) is -2.05. The first-order valence-electron chi connectivity index (χ1n) is 28.9. The minimum atomic E-state index is -4.64. The Morgan fingerprint density at radius 2 is 1.69 bits per heavy atom. The van der Waals surface area contributed by atoms with Gasteiger partial charge in [0, 0.05) is 97.3 Å². The number of carbonyl (C=O) groups is 5. The number of amides is 5. The number of thioether (sulfide) groups is 1. The summed E-state index contributed by atoms with van der Waals surface area (Å²) in [4.78, 5) is 92.4. The van der Waals surface area contributed by atoms with Crippen molar-refractivity contribution in [3.63, 3.8) is 0 Å². The van der Waals surface area contributed by atoms with Crippen molar-refractivity contribution in [3.05, 3.63) is 146 Å². The third kappa shape index (κ3) is 13.6. The van der Waals surface area contributed by atoms with Gasteiger partial charge >= 0.3 is 0 Å². The number of sulfonamides is 1. The highest BCUT2D eigenvalue weighted by Gasteiger charge is 2.46. The third-order valence-corrected chi connectivity index (χ3v) is 19.4. The number of pyridine rings is 1. The molecule has 4 aromatic carbocycles. The fraction of sp³-hybridized carbons (Fsp3) is 0.387. The molecule has 21 nitrogen and oxygen atoms in total. The molecule has 0 spiro atoms. The van der Waals surface area contributed by atoms with E-state index in [9.17, 15) is 42.5 Å². The fourth-order valence-corrected chi connectivity index (χ4v) is 14.0. The smallest absolute Gasteiger partial charge is 0.293 e. The Bertz CT molecular complexity index is 3770. The summed E-state index contributed by atoms with van der Waals surface area (Å²) in [7, 11) is -4.64. The number of rotatable bonds is 21. The average Bonchev–Trinajstić information content (AvgIpc) is 2.05. The molecule has 5 amide bonds. The number of halogens is 1. The number of aromatic amines is 1. The number of nitro benzene ring substituents is 1. The second-order valence-corrected chi connectivity index (χ2v) is 26.4. The summed E-state index contributed by atoms with van der Waals surface area (Å²) in [5.41, 5.74) is 5.79. The highest BCUT2D eigenvalue weighted by Crippen LogP contribution is 2.44. The Kier molecular flexibility index (Phi) is 18.0. The molecular weight excluding hydrogens is 1160 g/mol. The van der Waals surface area contributed by atoms with Gasteiger partial charge in [-0.05, 0) is 135 Å². The van der Waals surface area contributed by atoms with Crippen molar-refractivity contribution in [1.82, 2.24) is 34.7 Å². The minimum Gasteiger partial charge on any atom is -0.455 e. The van der Waals surface area contributed by atoms with Gasteiger partial charge in [-0.15, -0.1) is 11.8 Å². The number of ether oxygens (including phenoxy) is 2. The minimum absolute atomic E-state index is 0.0428. The Balaban J connectivity index is 0.670.